The predicted octanol–water partition coefficient (Wildman–Crippen LogP) is 1.05. The van der Waals surface area contributed by atoms with Crippen LogP contribution in [0.15, 0.2) is 40.2 Å². The van der Waals surface area contributed by atoms with Crippen LogP contribution in [0.25, 0.3) is 0 Å². The fraction of sp³-hybridized carbons (Fsp3) is 0.636. The van der Waals surface area contributed by atoms with Gasteiger partial charge in [0.2, 0.25) is 5.91 Å². The Hall–Kier alpha value is -2.13. The number of piperazine rings is 1. The van der Waals surface area contributed by atoms with Gasteiger partial charge in [-0.15, -0.1) is 0 Å². The third-order valence-corrected chi connectivity index (χ3v) is 7.94. The van der Waals surface area contributed by atoms with E-state index in [0.717, 1.165) is 58.1 Å². The highest BCUT2D eigenvalue weighted by Gasteiger charge is 2.30. The van der Waals surface area contributed by atoms with Crippen molar-refractivity contribution >= 4 is 21.7 Å². The first-order valence-corrected chi connectivity index (χ1v) is 12.8. The van der Waals surface area contributed by atoms with E-state index < -0.39 is 9.84 Å². The second-order valence-corrected chi connectivity index (χ2v) is 10.3. The molecule has 0 aromatic heterocycles. The molecule has 1 aromatic carbocycles. The summed E-state index contributed by atoms with van der Waals surface area (Å²) in [7, 11) is -1.51. The van der Waals surface area contributed by atoms with E-state index in [2.05, 4.69) is 20.1 Å². The van der Waals surface area contributed by atoms with Crippen LogP contribution in [0.3, 0.4) is 0 Å². The van der Waals surface area contributed by atoms with E-state index >= 15 is 0 Å². The third kappa shape index (κ3) is 6.20. The van der Waals surface area contributed by atoms with Crippen LogP contribution < -0.4 is 5.32 Å². The Balaban J connectivity index is 1.41. The highest BCUT2D eigenvalue weighted by molar-refractivity contribution is 7.91. The van der Waals surface area contributed by atoms with Gasteiger partial charge in [-0.1, -0.05) is 18.2 Å². The zero-order chi connectivity index (χ0) is 22.3. The van der Waals surface area contributed by atoms with Crippen molar-refractivity contribution in [1.29, 1.82) is 0 Å². The fourth-order valence-corrected chi connectivity index (χ4v) is 5.55. The third-order valence-electron chi connectivity index (χ3n) is 6.12. The summed E-state index contributed by atoms with van der Waals surface area (Å²) >= 11 is 0. The van der Waals surface area contributed by atoms with Gasteiger partial charge in [0.25, 0.3) is 0 Å². The Labute approximate surface area is 186 Å². The molecule has 1 amide bonds. The average Bonchev–Trinajstić information content (AvgIpc) is 3.34. The molecule has 3 rings (SSSR count). The molecule has 2 saturated heterocycles. The van der Waals surface area contributed by atoms with E-state index in [4.69, 9.17) is 0 Å². The minimum absolute atomic E-state index is 0.0848. The molecule has 0 bridgehead atoms. The van der Waals surface area contributed by atoms with Crippen LogP contribution in [0.1, 0.15) is 26.2 Å². The van der Waals surface area contributed by atoms with Crippen LogP contribution in [-0.2, 0) is 14.6 Å². The normalized spacial score (nSPS) is 19.5. The molecule has 0 aliphatic carbocycles. The summed E-state index contributed by atoms with van der Waals surface area (Å²) in [5.74, 6) is 1.13. The van der Waals surface area contributed by atoms with Crippen molar-refractivity contribution in [3.8, 4) is 0 Å². The summed E-state index contributed by atoms with van der Waals surface area (Å²) in [4.78, 5) is 23.8. The van der Waals surface area contributed by atoms with Crippen LogP contribution in [0, 0.1) is 0 Å². The van der Waals surface area contributed by atoms with Gasteiger partial charge in [-0.3, -0.25) is 14.7 Å². The molecule has 2 aliphatic rings. The number of hydrogen-bond donors (Lipinski definition) is 1. The van der Waals surface area contributed by atoms with Gasteiger partial charge in [0, 0.05) is 52.9 Å². The van der Waals surface area contributed by atoms with E-state index in [0.29, 0.717) is 17.9 Å². The first kappa shape index (κ1) is 23.5. The molecule has 0 radical (unpaired) electrons. The van der Waals surface area contributed by atoms with Gasteiger partial charge in [0.05, 0.1) is 16.7 Å². The van der Waals surface area contributed by atoms with Gasteiger partial charge < -0.3 is 15.1 Å². The number of nitrogens with zero attached hydrogens (tertiary/aromatic N) is 4. The van der Waals surface area contributed by atoms with Gasteiger partial charge in [-0.25, -0.2) is 8.42 Å². The lowest BCUT2D eigenvalue weighted by molar-refractivity contribution is -0.135. The van der Waals surface area contributed by atoms with Gasteiger partial charge in [0.15, 0.2) is 15.8 Å². The molecular weight excluding hydrogens is 414 g/mol. The second kappa shape index (κ2) is 10.9. The van der Waals surface area contributed by atoms with Crippen molar-refractivity contribution in [1.82, 2.24) is 20.0 Å². The first-order valence-electron chi connectivity index (χ1n) is 11.2. The van der Waals surface area contributed by atoms with Crippen molar-refractivity contribution < 1.29 is 13.2 Å². The smallest absolute Gasteiger partial charge is 0.239 e. The lowest BCUT2D eigenvalue weighted by atomic mass is 10.2. The Morgan fingerprint density at radius 3 is 2.29 bits per heavy atom. The summed E-state index contributed by atoms with van der Waals surface area (Å²) in [6.07, 6.45) is 2.74. The van der Waals surface area contributed by atoms with Crippen LogP contribution in [0.2, 0.25) is 0 Å². The Kier molecular flexibility index (Phi) is 8.31. The summed E-state index contributed by atoms with van der Waals surface area (Å²) < 4.78 is 24.8. The number of carbonyl (C=O) groups is 1. The first-order chi connectivity index (χ1) is 14.9. The molecule has 0 spiro atoms. The maximum Gasteiger partial charge on any atom is 0.239 e. The average molecular weight is 450 g/mol. The van der Waals surface area contributed by atoms with E-state index in [1.165, 1.54) is 0 Å². The molecule has 9 heteroatoms. The molecule has 8 nitrogen and oxygen atoms in total. The highest BCUT2D eigenvalue weighted by atomic mass is 32.2. The molecule has 2 fully saturated rings. The zero-order valence-corrected chi connectivity index (χ0v) is 19.5. The van der Waals surface area contributed by atoms with Crippen molar-refractivity contribution in [3.05, 3.63) is 30.3 Å². The lowest BCUT2D eigenvalue weighted by Crippen LogP contribution is -2.57. The number of rotatable bonds is 7. The quantitative estimate of drug-likeness (QED) is 0.381. The summed E-state index contributed by atoms with van der Waals surface area (Å²) in [6.45, 7) is 7.53. The molecule has 1 unspecified atom stereocenters. The SMILES string of the molecule is CN=C(NCCCS(=O)(=O)c1ccccc1)N1CCN(C(C)C(=O)N2CCCC2)CC1. The number of hydrogen-bond acceptors (Lipinski definition) is 5. The molecule has 2 aliphatic heterocycles. The van der Waals surface area contributed by atoms with Crippen LogP contribution in [0.5, 0.6) is 0 Å². The van der Waals surface area contributed by atoms with E-state index in [9.17, 15) is 13.2 Å². The lowest BCUT2D eigenvalue weighted by Gasteiger charge is -2.39. The largest absolute Gasteiger partial charge is 0.356 e. The number of sulfone groups is 1. The van der Waals surface area contributed by atoms with Gasteiger partial charge in [0.1, 0.15) is 0 Å². The molecule has 1 aromatic rings. The van der Waals surface area contributed by atoms with Gasteiger partial charge in [-0.05, 0) is 38.3 Å². The van der Waals surface area contributed by atoms with Crippen molar-refractivity contribution in [2.24, 2.45) is 4.99 Å². The van der Waals surface area contributed by atoms with Gasteiger partial charge >= 0.3 is 0 Å². The minimum Gasteiger partial charge on any atom is -0.356 e. The van der Waals surface area contributed by atoms with E-state index in [-0.39, 0.29) is 17.7 Å². The summed E-state index contributed by atoms with van der Waals surface area (Å²) in [5.41, 5.74) is 0. The molecule has 1 N–H and O–H groups in total. The van der Waals surface area contributed by atoms with E-state index in [1.807, 2.05) is 17.9 Å². The fourth-order valence-electron chi connectivity index (χ4n) is 4.22. The Bertz CT molecular complexity index is 845. The maximum absolute atomic E-state index is 12.7. The number of carbonyl (C=O) groups excluding carboxylic acids is 1. The number of guanidine groups is 1. The van der Waals surface area contributed by atoms with E-state index in [1.54, 1.807) is 31.3 Å². The topological polar surface area (TPSA) is 85.3 Å². The number of benzene rings is 1. The minimum atomic E-state index is -3.26. The Morgan fingerprint density at radius 1 is 1.03 bits per heavy atom. The standard InChI is InChI=1S/C22H35N5O3S/c1-19(21(28)26-12-6-7-13-26)25-14-16-27(17-15-25)22(23-2)24-11-8-18-31(29,30)20-9-4-3-5-10-20/h3-5,9-10,19H,6-8,11-18H2,1-2H3,(H,23,24). The molecule has 31 heavy (non-hydrogen) atoms. The number of amides is 1. The number of nitrogens with one attached hydrogen (secondary N) is 1. The van der Waals surface area contributed by atoms with Crippen LogP contribution in [0.4, 0.5) is 0 Å². The van der Waals surface area contributed by atoms with Crippen LogP contribution in [-0.4, -0.2) is 99.6 Å². The molecule has 172 valence electrons. The molecular formula is C22H35N5O3S. The highest BCUT2D eigenvalue weighted by Crippen LogP contribution is 2.14. The molecule has 2 heterocycles. The predicted molar refractivity (Wildman–Crippen MR) is 123 cm³/mol. The van der Waals surface area contributed by atoms with Crippen molar-refractivity contribution in [2.75, 3.05) is 58.6 Å². The zero-order valence-electron chi connectivity index (χ0n) is 18.7. The molecule has 0 saturated carbocycles. The van der Waals surface area contributed by atoms with Crippen LogP contribution >= 0.6 is 0 Å². The van der Waals surface area contributed by atoms with Crippen molar-refractivity contribution in [3.63, 3.8) is 0 Å². The molecule has 1 atom stereocenters. The maximum atomic E-state index is 12.7. The van der Waals surface area contributed by atoms with Gasteiger partial charge in [-0.2, -0.15) is 0 Å². The summed E-state index contributed by atoms with van der Waals surface area (Å²) in [5, 5.41) is 3.29. The number of likely N-dealkylation sites (tertiary alicyclic amines) is 1. The second-order valence-electron chi connectivity index (χ2n) is 8.19. The summed E-state index contributed by atoms with van der Waals surface area (Å²) in [6, 6.07) is 8.48. The monoisotopic (exact) mass is 449 g/mol. The number of aliphatic imine (C=N–C) groups is 1. The Morgan fingerprint density at radius 2 is 1.68 bits per heavy atom. The van der Waals surface area contributed by atoms with Crippen molar-refractivity contribution in [2.45, 2.75) is 37.1 Å².